The van der Waals surface area contributed by atoms with Gasteiger partial charge in [-0.2, -0.15) is 13.2 Å². The van der Waals surface area contributed by atoms with Crippen LogP contribution in [0.5, 0.6) is 0 Å². The van der Waals surface area contributed by atoms with Gasteiger partial charge in [0.2, 0.25) is 0 Å². The number of benzene rings is 1. The Morgan fingerprint density at radius 3 is 2.32 bits per heavy atom. The minimum Gasteiger partial charge on any atom is -0.306 e. The van der Waals surface area contributed by atoms with Crippen molar-refractivity contribution in [2.24, 2.45) is 0 Å². The van der Waals surface area contributed by atoms with Crippen LogP contribution in [-0.2, 0) is 11.3 Å². The minimum atomic E-state index is -4.50. The molecule has 0 N–H and O–H groups in total. The number of alkyl halides is 3. The number of imide groups is 1. The number of halogens is 3. The van der Waals surface area contributed by atoms with Crippen molar-refractivity contribution in [3.8, 4) is 0 Å². The second-order valence-corrected chi connectivity index (χ2v) is 4.22. The molecule has 4 nitrogen and oxygen atoms in total. The van der Waals surface area contributed by atoms with Crippen LogP contribution in [0, 0.1) is 0 Å². The molecule has 0 atom stereocenters. The molecule has 102 valence electrons. The van der Waals surface area contributed by atoms with Crippen LogP contribution < -0.4 is 0 Å². The monoisotopic (exact) mass is 272 g/mol. The van der Waals surface area contributed by atoms with Gasteiger partial charge in [-0.3, -0.25) is 9.69 Å². The first-order chi connectivity index (χ1) is 8.87. The second-order valence-electron chi connectivity index (χ2n) is 4.22. The minimum absolute atomic E-state index is 0.00708. The number of hydrogen-bond acceptors (Lipinski definition) is 2. The number of carbonyl (C=O) groups excluding carboxylic acids is 2. The molecular formula is C12H11F3N2O2. The maximum atomic E-state index is 12.2. The number of urea groups is 1. The molecule has 3 amide bonds. The van der Waals surface area contributed by atoms with E-state index in [0.29, 0.717) is 10.5 Å². The Hall–Kier alpha value is -2.05. The highest BCUT2D eigenvalue weighted by Crippen LogP contribution is 2.21. The summed E-state index contributed by atoms with van der Waals surface area (Å²) in [5.41, 5.74) is 0.693. The van der Waals surface area contributed by atoms with Gasteiger partial charge in [-0.15, -0.1) is 0 Å². The zero-order chi connectivity index (χ0) is 14.0. The van der Waals surface area contributed by atoms with E-state index in [9.17, 15) is 22.8 Å². The molecular weight excluding hydrogens is 261 g/mol. The lowest BCUT2D eigenvalue weighted by molar-refractivity contribution is -0.139. The summed E-state index contributed by atoms with van der Waals surface area (Å²) in [5, 5.41) is 0. The van der Waals surface area contributed by atoms with E-state index in [1.807, 2.05) is 0 Å². The molecule has 1 aromatic rings. The largest absolute Gasteiger partial charge is 0.406 e. The van der Waals surface area contributed by atoms with E-state index in [2.05, 4.69) is 0 Å². The first-order valence-corrected chi connectivity index (χ1v) is 5.57. The van der Waals surface area contributed by atoms with E-state index in [1.54, 1.807) is 30.3 Å². The van der Waals surface area contributed by atoms with Crippen LogP contribution in [0.15, 0.2) is 30.3 Å². The molecule has 1 aromatic carbocycles. The Morgan fingerprint density at radius 1 is 1.11 bits per heavy atom. The first kappa shape index (κ1) is 13.4. The Bertz CT molecular complexity index is 487. The molecule has 1 heterocycles. The van der Waals surface area contributed by atoms with Gasteiger partial charge in [-0.1, -0.05) is 30.3 Å². The molecule has 2 rings (SSSR count). The van der Waals surface area contributed by atoms with Crippen molar-refractivity contribution in [2.75, 3.05) is 13.1 Å². The maximum absolute atomic E-state index is 12.2. The molecule has 0 unspecified atom stereocenters. The van der Waals surface area contributed by atoms with Gasteiger partial charge in [-0.05, 0) is 5.56 Å². The standard InChI is InChI=1S/C12H11F3N2O2/c13-12(14,15)8-16-7-10(18)17(11(16)19)6-9-4-2-1-3-5-9/h1-5H,6-8H2. The van der Waals surface area contributed by atoms with Gasteiger partial charge in [0, 0.05) is 0 Å². The van der Waals surface area contributed by atoms with Gasteiger partial charge in [0.15, 0.2) is 0 Å². The summed E-state index contributed by atoms with van der Waals surface area (Å²) in [5.74, 6) is -0.613. The topological polar surface area (TPSA) is 40.6 Å². The molecule has 0 bridgehead atoms. The lowest BCUT2D eigenvalue weighted by Crippen LogP contribution is -2.38. The van der Waals surface area contributed by atoms with Crippen LogP contribution in [0.1, 0.15) is 5.56 Å². The SMILES string of the molecule is O=C1CN(CC(F)(F)F)C(=O)N1Cc1ccccc1. The van der Waals surface area contributed by atoms with Crippen LogP contribution in [0.4, 0.5) is 18.0 Å². The number of rotatable bonds is 3. The summed E-state index contributed by atoms with van der Waals surface area (Å²) in [4.78, 5) is 24.7. The molecule has 0 aromatic heterocycles. The number of hydrogen-bond donors (Lipinski definition) is 0. The lowest BCUT2D eigenvalue weighted by atomic mass is 10.2. The Labute approximate surface area is 107 Å². The van der Waals surface area contributed by atoms with Crippen molar-refractivity contribution < 1.29 is 22.8 Å². The third kappa shape index (κ3) is 3.24. The second kappa shape index (κ2) is 4.91. The van der Waals surface area contributed by atoms with Crippen molar-refractivity contribution in [3.63, 3.8) is 0 Å². The Balaban J connectivity index is 2.07. The highest BCUT2D eigenvalue weighted by Gasteiger charge is 2.42. The predicted octanol–water partition coefficient (Wildman–Crippen LogP) is 2.01. The third-order valence-electron chi connectivity index (χ3n) is 2.68. The fourth-order valence-corrected chi connectivity index (χ4v) is 1.86. The van der Waals surface area contributed by atoms with E-state index < -0.39 is 31.2 Å². The lowest BCUT2D eigenvalue weighted by Gasteiger charge is -2.18. The summed E-state index contributed by atoms with van der Waals surface area (Å²) >= 11 is 0. The smallest absolute Gasteiger partial charge is 0.306 e. The van der Waals surface area contributed by atoms with E-state index in [0.717, 1.165) is 4.90 Å². The molecule has 7 heteroatoms. The fourth-order valence-electron chi connectivity index (χ4n) is 1.86. The van der Waals surface area contributed by atoms with Crippen molar-refractivity contribution in [1.82, 2.24) is 9.80 Å². The van der Waals surface area contributed by atoms with Crippen LogP contribution in [0.25, 0.3) is 0 Å². The highest BCUT2D eigenvalue weighted by atomic mass is 19.4. The van der Waals surface area contributed by atoms with E-state index in [-0.39, 0.29) is 6.54 Å². The summed E-state index contributed by atoms with van der Waals surface area (Å²) in [7, 11) is 0. The van der Waals surface area contributed by atoms with Gasteiger partial charge in [0.05, 0.1) is 6.54 Å². The van der Waals surface area contributed by atoms with Crippen LogP contribution in [-0.4, -0.2) is 41.0 Å². The quantitative estimate of drug-likeness (QED) is 0.790. The fraction of sp³-hybridized carbons (Fsp3) is 0.333. The van der Waals surface area contributed by atoms with Crippen molar-refractivity contribution >= 4 is 11.9 Å². The van der Waals surface area contributed by atoms with Crippen LogP contribution >= 0.6 is 0 Å². The number of carbonyl (C=O) groups is 2. The molecule has 0 spiro atoms. The predicted molar refractivity (Wildman–Crippen MR) is 60.0 cm³/mol. The molecule has 0 aliphatic carbocycles. The molecule has 19 heavy (non-hydrogen) atoms. The van der Waals surface area contributed by atoms with Crippen molar-refractivity contribution in [3.05, 3.63) is 35.9 Å². The molecule has 1 aliphatic rings. The van der Waals surface area contributed by atoms with Crippen LogP contribution in [0.3, 0.4) is 0 Å². The summed E-state index contributed by atoms with van der Waals surface area (Å²) in [6.45, 7) is -1.93. The zero-order valence-corrected chi connectivity index (χ0v) is 9.85. The van der Waals surface area contributed by atoms with E-state index >= 15 is 0 Å². The van der Waals surface area contributed by atoms with Crippen LogP contribution in [0.2, 0.25) is 0 Å². The molecule has 0 radical (unpaired) electrons. The zero-order valence-electron chi connectivity index (χ0n) is 9.85. The molecule has 1 saturated heterocycles. The average Bonchev–Trinajstić information content (AvgIpc) is 2.56. The van der Waals surface area contributed by atoms with E-state index in [1.165, 1.54) is 0 Å². The Morgan fingerprint density at radius 2 is 1.74 bits per heavy atom. The van der Waals surface area contributed by atoms with Crippen molar-refractivity contribution in [2.45, 2.75) is 12.7 Å². The van der Waals surface area contributed by atoms with Gasteiger partial charge in [0.25, 0.3) is 5.91 Å². The molecule has 1 fully saturated rings. The number of amides is 3. The summed E-state index contributed by atoms with van der Waals surface area (Å²) in [6, 6.07) is 7.74. The maximum Gasteiger partial charge on any atom is 0.406 e. The third-order valence-corrected chi connectivity index (χ3v) is 2.68. The van der Waals surface area contributed by atoms with Gasteiger partial charge in [0.1, 0.15) is 13.1 Å². The highest BCUT2D eigenvalue weighted by molar-refractivity contribution is 6.01. The molecule has 1 aliphatic heterocycles. The van der Waals surface area contributed by atoms with Gasteiger partial charge < -0.3 is 4.90 Å². The Kier molecular flexibility index (Phi) is 3.46. The first-order valence-electron chi connectivity index (χ1n) is 5.57. The van der Waals surface area contributed by atoms with Gasteiger partial charge in [-0.25, -0.2) is 4.79 Å². The molecule has 0 saturated carbocycles. The van der Waals surface area contributed by atoms with E-state index in [4.69, 9.17) is 0 Å². The summed E-state index contributed by atoms with van der Waals surface area (Å²) in [6.07, 6.45) is -4.50. The average molecular weight is 272 g/mol. The number of nitrogens with zero attached hydrogens (tertiary/aromatic N) is 2. The van der Waals surface area contributed by atoms with Crippen molar-refractivity contribution in [1.29, 1.82) is 0 Å². The van der Waals surface area contributed by atoms with Gasteiger partial charge >= 0.3 is 12.2 Å². The normalized spacial score (nSPS) is 16.4. The summed E-state index contributed by atoms with van der Waals surface area (Å²) < 4.78 is 36.7.